The molecule has 2 rings (SSSR count). The molecular formula is C14H22N4O. The number of nitrogens with zero attached hydrogens (tertiary/aromatic N) is 3. The van der Waals surface area contributed by atoms with Crippen LogP contribution in [0.3, 0.4) is 0 Å². The van der Waals surface area contributed by atoms with Gasteiger partial charge in [-0.25, -0.2) is 4.98 Å². The quantitative estimate of drug-likeness (QED) is 0.371. The molecule has 0 spiro atoms. The SMILES string of the molecule is Cc1cc(/C(N)=N/O)cc(N2CCCCCC2C)n1. The zero-order valence-electron chi connectivity index (χ0n) is 11.6. The molecule has 3 N–H and O–H groups in total. The minimum absolute atomic E-state index is 0.134. The zero-order valence-corrected chi connectivity index (χ0v) is 11.6. The lowest BCUT2D eigenvalue weighted by molar-refractivity contribution is 0.318. The van der Waals surface area contributed by atoms with Crippen LogP contribution in [-0.4, -0.2) is 28.6 Å². The average Bonchev–Trinajstić information content (AvgIpc) is 2.61. The maximum absolute atomic E-state index is 8.81. The molecule has 0 saturated carbocycles. The molecule has 0 aliphatic carbocycles. The fraction of sp³-hybridized carbons (Fsp3) is 0.571. The van der Waals surface area contributed by atoms with Gasteiger partial charge in [0.25, 0.3) is 0 Å². The molecule has 0 aromatic carbocycles. The Morgan fingerprint density at radius 3 is 2.95 bits per heavy atom. The van der Waals surface area contributed by atoms with E-state index in [0.717, 1.165) is 23.6 Å². The van der Waals surface area contributed by atoms with E-state index in [1.165, 1.54) is 25.7 Å². The largest absolute Gasteiger partial charge is 0.409 e. The molecular weight excluding hydrogens is 240 g/mol. The van der Waals surface area contributed by atoms with Gasteiger partial charge in [-0.2, -0.15) is 0 Å². The standard InChI is InChI=1S/C14H22N4O/c1-10-8-12(14(15)17-19)9-13(16-10)18-7-5-3-4-6-11(18)2/h8-9,11,19H,3-7H2,1-2H3,(H2,15,17). The molecule has 1 atom stereocenters. The molecule has 0 amide bonds. The van der Waals surface area contributed by atoms with Gasteiger partial charge in [-0.05, 0) is 38.8 Å². The summed E-state index contributed by atoms with van der Waals surface area (Å²) in [5.41, 5.74) is 7.29. The highest BCUT2D eigenvalue weighted by atomic mass is 16.4. The fourth-order valence-corrected chi connectivity index (χ4v) is 2.62. The second-order valence-electron chi connectivity index (χ2n) is 5.23. The van der Waals surface area contributed by atoms with Gasteiger partial charge in [-0.3, -0.25) is 0 Å². The van der Waals surface area contributed by atoms with Gasteiger partial charge in [0.2, 0.25) is 0 Å². The van der Waals surface area contributed by atoms with Crippen LogP contribution in [0.15, 0.2) is 17.3 Å². The molecule has 5 heteroatoms. The normalized spacial score (nSPS) is 21.3. The third-order valence-corrected chi connectivity index (χ3v) is 3.69. The van der Waals surface area contributed by atoms with Crippen LogP contribution in [0.2, 0.25) is 0 Å². The molecule has 1 aromatic rings. The Labute approximate surface area is 114 Å². The number of amidine groups is 1. The molecule has 1 saturated heterocycles. The lowest BCUT2D eigenvalue weighted by Crippen LogP contribution is -2.33. The number of aryl methyl sites for hydroxylation is 1. The van der Waals surface area contributed by atoms with Gasteiger partial charge in [0.1, 0.15) is 5.82 Å². The van der Waals surface area contributed by atoms with Gasteiger partial charge in [-0.15, -0.1) is 0 Å². The van der Waals surface area contributed by atoms with E-state index in [2.05, 4.69) is 22.0 Å². The first-order valence-corrected chi connectivity index (χ1v) is 6.85. The smallest absolute Gasteiger partial charge is 0.170 e. The Kier molecular flexibility index (Phi) is 4.24. The van der Waals surface area contributed by atoms with Crippen molar-refractivity contribution in [1.82, 2.24) is 4.98 Å². The maximum Gasteiger partial charge on any atom is 0.170 e. The van der Waals surface area contributed by atoms with Crippen molar-refractivity contribution < 1.29 is 5.21 Å². The predicted octanol–water partition coefficient (Wildman–Crippen LogP) is 2.25. The average molecular weight is 262 g/mol. The molecule has 1 aromatic heterocycles. The molecule has 0 bridgehead atoms. The highest BCUT2D eigenvalue weighted by Crippen LogP contribution is 2.23. The first-order chi connectivity index (χ1) is 9.11. The zero-order chi connectivity index (χ0) is 13.8. The van der Waals surface area contributed by atoms with Crippen LogP contribution in [0, 0.1) is 6.92 Å². The molecule has 1 fully saturated rings. The third kappa shape index (κ3) is 3.16. The maximum atomic E-state index is 8.81. The molecule has 5 nitrogen and oxygen atoms in total. The number of hydrogen-bond acceptors (Lipinski definition) is 4. The fourth-order valence-electron chi connectivity index (χ4n) is 2.62. The van der Waals surface area contributed by atoms with E-state index in [4.69, 9.17) is 10.9 Å². The Morgan fingerprint density at radius 2 is 2.21 bits per heavy atom. The van der Waals surface area contributed by atoms with E-state index in [9.17, 15) is 0 Å². The summed E-state index contributed by atoms with van der Waals surface area (Å²) in [5.74, 6) is 1.06. The van der Waals surface area contributed by atoms with E-state index in [0.29, 0.717) is 6.04 Å². The Bertz CT molecular complexity index is 473. The van der Waals surface area contributed by atoms with E-state index < -0.39 is 0 Å². The summed E-state index contributed by atoms with van der Waals surface area (Å²) in [4.78, 5) is 6.93. The first-order valence-electron chi connectivity index (χ1n) is 6.85. The second kappa shape index (κ2) is 5.91. The Balaban J connectivity index is 2.35. The summed E-state index contributed by atoms with van der Waals surface area (Å²) >= 11 is 0. The molecule has 1 aliphatic rings. The second-order valence-corrected chi connectivity index (χ2v) is 5.23. The molecule has 104 valence electrons. The summed E-state index contributed by atoms with van der Waals surface area (Å²) in [7, 11) is 0. The lowest BCUT2D eigenvalue weighted by Gasteiger charge is -2.28. The van der Waals surface area contributed by atoms with E-state index in [-0.39, 0.29) is 5.84 Å². The molecule has 0 radical (unpaired) electrons. The highest BCUT2D eigenvalue weighted by Gasteiger charge is 2.19. The van der Waals surface area contributed by atoms with Crippen molar-refractivity contribution >= 4 is 11.7 Å². The van der Waals surface area contributed by atoms with Crippen molar-refractivity contribution in [2.24, 2.45) is 10.9 Å². The van der Waals surface area contributed by atoms with Crippen LogP contribution >= 0.6 is 0 Å². The van der Waals surface area contributed by atoms with Gasteiger partial charge < -0.3 is 15.8 Å². The number of rotatable bonds is 2. The molecule has 2 heterocycles. The molecule has 1 unspecified atom stereocenters. The highest BCUT2D eigenvalue weighted by molar-refractivity contribution is 5.97. The van der Waals surface area contributed by atoms with Crippen LogP contribution in [0.1, 0.15) is 43.9 Å². The molecule has 19 heavy (non-hydrogen) atoms. The summed E-state index contributed by atoms with van der Waals surface area (Å²) in [6, 6.07) is 4.22. The Morgan fingerprint density at radius 1 is 1.42 bits per heavy atom. The third-order valence-electron chi connectivity index (χ3n) is 3.69. The summed E-state index contributed by atoms with van der Waals surface area (Å²) in [6.45, 7) is 5.19. The predicted molar refractivity (Wildman–Crippen MR) is 76.8 cm³/mol. The van der Waals surface area contributed by atoms with Crippen molar-refractivity contribution in [3.63, 3.8) is 0 Å². The monoisotopic (exact) mass is 262 g/mol. The van der Waals surface area contributed by atoms with E-state index in [1.807, 2.05) is 19.1 Å². The van der Waals surface area contributed by atoms with Gasteiger partial charge >= 0.3 is 0 Å². The lowest BCUT2D eigenvalue weighted by atomic mass is 10.1. The summed E-state index contributed by atoms with van der Waals surface area (Å²) < 4.78 is 0. The Hall–Kier alpha value is -1.78. The van der Waals surface area contributed by atoms with Crippen molar-refractivity contribution in [3.05, 3.63) is 23.4 Å². The summed E-state index contributed by atoms with van der Waals surface area (Å²) in [6.07, 6.45) is 4.93. The van der Waals surface area contributed by atoms with E-state index >= 15 is 0 Å². The van der Waals surface area contributed by atoms with Crippen LogP contribution in [0.4, 0.5) is 5.82 Å². The van der Waals surface area contributed by atoms with E-state index in [1.54, 1.807) is 0 Å². The number of oxime groups is 1. The van der Waals surface area contributed by atoms with Crippen molar-refractivity contribution in [2.75, 3.05) is 11.4 Å². The first kappa shape index (κ1) is 13.6. The van der Waals surface area contributed by atoms with Crippen molar-refractivity contribution in [3.8, 4) is 0 Å². The van der Waals surface area contributed by atoms with Gasteiger partial charge in [-0.1, -0.05) is 18.0 Å². The van der Waals surface area contributed by atoms with Crippen LogP contribution in [0.5, 0.6) is 0 Å². The van der Waals surface area contributed by atoms with Gasteiger partial charge in [0, 0.05) is 23.8 Å². The van der Waals surface area contributed by atoms with Crippen molar-refractivity contribution in [2.45, 2.75) is 45.6 Å². The topological polar surface area (TPSA) is 74.7 Å². The molecule has 1 aliphatic heterocycles. The van der Waals surface area contributed by atoms with Crippen LogP contribution < -0.4 is 10.6 Å². The van der Waals surface area contributed by atoms with Gasteiger partial charge in [0.15, 0.2) is 5.84 Å². The number of hydrogen-bond donors (Lipinski definition) is 2. The van der Waals surface area contributed by atoms with Crippen LogP contribution in [-0.2, 0) is 0 Å². The van der Waals surface area contributed by atoms with Crippen molar-refractivity contribution in [1.29, 1.82) is 0 Å². The number of nitrogens with two attached hydrogens (primary N) is 1. The van der Waals surface area contributed by atoms with Gasteiger partial charge in [0.05, 0.1) is 0 Å². The minimum Gasteiger partial charge on any atom is -0.409 e. The van der Waals surface area contributed by atoms with Crippen LogP contribution in [0.25, 0.3) is 0 Å². The summed E-state index contributed by atoms with van der Waals surface area (Å²) in [5, 5.41) is 11.9. The number of aromatic nitrogens is 1. The number of anilines is 1. The number of pyridine rings is 1. The minimum atomic E-state index is 0.134.